The molecule has 0 aliphatic heterocycles. The summed E-state index contributed by atoms with van der Waals surface area (Å²) in [7, 11) is 1.87. The molecule has 0 aliphatic carbocycles. The van der Waals surface area contributed by atoms with Crippen molar-refractivity contribution >= 4 is 11.6 Å². The molecule has 4 nitrogen and oxygen atoms in total. The Labute approximate surface area is 111 Å². The second-order valence-corrected chi connectivity index (χ2v) is 4.23. The molecule has 0 aliphatic rings. The van der Waals surface area contributed by atoms with Crippen molar-refractivity contribution < 1.29 is 4.74 Å². The number of rotatable bonds is 5. The van der Waals surface area contributed by atoms with Gasteiger partial charge in [-0.1, -0.05) is 23.7 Å². The molecule has 0 unspecified atom stereocenters. The molecule has 1 N–H and O–H groups in total. The molecule has 1 aromatic heterocycles. The lowest BCUT2D eigenvalue weighted by Gasteiger charge is -2.06. The van der Waals surface area contributed by atoms with Gasteiger partial charge in [-0.3, -0.25) is 4.98 Å². The molecule has 0 saturated carbocycles. The minimum absolute atomic E-state index is 0.431. The van der Waals surface area contributed by atoms with Gasteiger partial charge in [-0.25, -0.2) is 4.98 Å². The SMILES string of the molecule is CNCc1cnc(OCc2cccc(Cl)c2)cn1. The average Bonchev–Trinajstić information content (AvgIpc) is 2.38. The zero-order chi connectivity index (χ0) is 12.8. The maximum Gasteiger partial charge on any atom is 0.232 e. The molecule has 18 heavy (non-hydrogen) atoms. The van der Waals surface area contributed by atoms with E-state index in [0.717, 1.165) is 11.3 Å². The normalized spacial score (nSPS) is 10.3. The number of halogens is 1. The lowest BCUT2D eigenvalue weighted by molar-refractivity contribution is 0.292. The van der Waals surface area contributed by atoms with E-state index in [1.807, 2.05) is 31.3 Å². The van der Waals surface area contributed by atoms with Crippen LogP contribution < -0.4 is 10.1 Å². The molecular formula is C13H14ClN3O. The molecule has 2 rings (SSSR count). The number of benzene rings is 1. The summed E-state index contributed by atoms with van der Waals surface area (Å²) in [4.78, 5) is 8.40. The number of hydrogen-bond donors (Lipinski definition) is 1. The third-order valence-corrected chi connectivity index (χ3v) is 2.55. The summed E-state index contributed by atoms with van der Waals surface area (Å²) in [5.74, 6) is 0.509. The fraction of sp³-hybridized carbons (Fsp3) is 0.231. The summed E-state index contributed by atoms with van der Waals surface area (Å²) < 4.78 is 5.53. The van der Waals surface area contributed by atoms with Crippen LogP contribution in [-0.4, -0.2) is 17.0 Å². The average molecular weight is 264 g/mol. The van der Waals surface area contributed by atoms with Crippen LogP contribution in [0.4, 0.5) is 0 Å². The van der Waals surface area contributed by atoms with Crippen LogP contribution in [-0.2, 0) is 13.2 Å². The van der Waals surface area contributed by atoms with E-state index < -0.39 is 0 Å². The van der Waals surface area contributed by atoms with Crippen LogP contribution in [0, 0.1) is 0 Å². The molecule has 94 valence electrons. The number of hydrogen-bond acceptors (Lipinski definition) is 4. The third-order valence-electron chi connectivity index (χ3n) is 2.32. The number of ether oxygens (including phenoxy) is 1. The molecular weight excluding hydrogens is 250 g/mol. The molecule has 2 aromatic rings. The van der Waals surface area contributed by atoms with Gasteiger partial charge in [-0.2, -0.15) is 0 Å². The first-order valence-corrected chi connectivity index (χ1v) is 5.98. The van der Waals surface area contributed by atoms with Gasteiger partial charge < -0.3 is 10.1 Å². The Morgan fingerprint density at radius 3 is 2.83 bits per heavy atom. The van der Waals surface area contributed by atoms with Crippen molar-refractivity contribution in [1.29, 1.82) is 0 Å². The van der Waals surface area contributed by atoms with Gasteiger partial charge in [0.2, 0.25) is 5.88 Å². The van der Waals surface area contributed by atoms with E-state index in [4.69, 9.17) is 16.3 Å². The van der Waals surface area contributed by atoms with Crippen LogP contribution in [0.2, 0.25) is 5.02 Å². The van der Waals surface area contributed by atoms with Gasteiger partial charge in [0.15, 0.2) is 0 Å². The molecule has 0 fully saturated rings. The summed E-state index contributed by atoms with van der Waals surface area (Å²) in [6, 6.07) is 7.54. The van der Waals surface area contributed by atoms with E-state index in [-0.39, 0.29) is 0 Å². The second kappa shape index (κ2) is 6.33. The predicted octanol–water partition coefficient (Wildman–Crippen LogP) is 2.43. The molecule has 0 amide bonds. The van der Waals surface area contributed by atoms with E-state index in [1.54, 1.807) is 12.4 Å². The maximum atomic E-state index is 5.89. The van der Waals surface area contributed by atoms with Gasteiger partial charge in [-0.05, 0) is 24.7 Å². The van der Waals surface area contributed by atoms with Crippen molar-refractivity contribution in [3.05, 3.63) is 52.9 Å². The molecule has 5 heteroatoms. The van der Waals surface area contributed by atoms with Crippen molar-refractivity contribution in [2.45, 2.75) is 13.2 Å². The van der Waals surface area contributed by atoms with Crippen molar-refractivity contribution in [2.24, 2.45) is 0 Å². The van der Waals surface area contributed by atoms with Crippen molar-refractivity contribution in [3.8, 4) is 5.88 Å². The molecule has 0 saturated heterocycles. The van der Waals surface area contributed by atoms with Crippen LogP contribution in [0.15, 0.2) is 36.7 Å². The predicted molar refractivity (Wildman–Crippen MR) is 70.6 cm³/mol. The smallest absolute Gasteiger partial charge is 0.232 e. The van der Waals surface area contributed by atoms with Gasteiger partial charge in [0, 0.05) is 11.6 Å². The maximum absolute atomic E-state index is 5.89. The molecule has 0 spiro atoms. The van der Waals surface area contributed by atoms with Gasteiger partial charge in [-0.15, -0.1) is 0 Å². The first-order valence-electron chi connectivity index (χ1n) is 5.60. The summed E-state index contributed by atoms with van der Waals surface area (Å²) >= 11 is 5.89. The van der Waals surface area contributed by atoms with Crippen molar-refractivity contribution in [3.63, 3.8) is 0 Å². The van der Waals surface area contributed by atoms with Crippen LogP contribution >= 0.6 is 11.6 Å². The van der Waals surface area contributed by atoms with Gasteiger partial charge >= 0.3 is 0 Å². The first kappa shape index (κ1) is 12.8. The lowest BCUT2D eigenvalue weighted by atomic mass is 10.2. The number of aromatic nitrogens is 2. The van der Waals surface area contributed by atoms with Crippen LogP contribution in [0.5, 0.6) is 5.88 Å². The highest BCUT2D eigenvalue weighted by molar-refractivity contribution is 6.30. The van der Waals surface area contributed by atoms with E-state index in [1.165, 1.54) is 0 Å². The summed E-state index contributed by atoms with van der Waals surface area (Å²) in [6.07, 6.45) is 3.32. The summed E-state index contributed by atoms with van der Waals surface area (Å²) in [5, 5.41) is 3.71. The minimum Gasteiger partial charge on any atom is -0.472 e. The highest BCUT2D eigenvalue weighted by atomic mass is 35.5. The van der Waals surface area contributed by atoms with Gasteiger partial charge in [0.1, 0.15) is 6.61 Å². The standard InChI is InChI=1S/C13H14ClN3O/c1-15-6-12-7-17-13(8-16-12)18-9-10-3-2-4-11(14)5-10/h2-5,7-8,15H,6,9H2,1H3. The largest absolute Gasteiger partial charge is 0.472 e. The summed E-state index contributed by atoms with van der Waals surface area (Å²) in [6.45, 7) is 1.13. The highest BCUT2D eigenvalue weighted by Crippen LogP contribution is 2.13. The summed E-state index contributed by atoms with van der Waals surface area (Å²) in [5.41, 5.74) is 1.89. The third kappa shape index (κ3) is 3.68. The van der Waals surface area contributed by atoms with Gasteiger partial charge in [0.05, 0.1) is 18.1 Å². The lowest BCUT2D eigenvalue weighted by Crippen LogP contribution is -2.07. The molecule has 0 atom stereocenters. The second-order valence-electron chi connectivity index (χ2n) is 3.79. The zero-order valence-corrected chi connectivity index (χ0v) is 10.8. The fourth-order valence-corrected chi connectivity index (χ4v) is 1.69. The monoisotopic (exact) mass is 263 g/mol. The molecule has 0 radical (unpaired) electrons. The van der Waals surface area contributed by atoms with E-state index in [2.05, 4.69) is 15.3 Å². The van der Waals surface area contributed by atoms with E-state index >= 15 is 0 Å². The minimum atomic E-state index is 0.431. The highest BCUT2D eigenvalue weighted by Gasteiger charge is 1.99. The number of nitrogens with one attached hydrogen (secondary N) is 1. The van der Waals surface area contributed by atoms with Crippen molar-refractivity contribution in [2.75, 3.05) is 7.05 Å². The van der Waals surface area contributed by atoms with E-state index in [9.17, 15) is 0 Å². The van der Waals surface area contributed by atoms with E-state index in [0.29, 0.717) is 24.1 Å². The molecule has 1 aromatic carbocycles. The molecule has 1 heterocycles. The van der Waals surface area contributed by atoms with Gasteiger partial charge in [0.25, 0.3) is 0 Å². The van der Waals surface area contributed by atoms with Crippen molar-refractivity contribution in [1.82, 2.24) is 15.3 Å². The first-order chi connectivity index (χ1) is 8.78. The Hall–Kier alpha value is -1.65. The Morgan fingerprint density at radius 1 is 1.28 bits per heavy atom. The zero-order valence-electron chi connectivity index (χ0n) is 10.1. The molecule has 0 bridgehead atoms. The Morgan fingerprint density at radius 2 is 2.17 bits per heavy atom. The Bertz CT molecular complexity index is 502. The Kier molecular flexibility index (Phi) is 4.50. The fourth-order valence-electron chi connectivity index (χ4n) is 1.47. The van der Waals surface area contributed by atoms with Crippen LogP contribution in [0.25, 0.3) is 0 Å². The van der Waals surface area contributed by atoms with Crippen LogP contribution in [0.3, 0.4) is 0 Å². The quantitative estimate of drug-likeness (QED) is 0.900. The number of nitrogens with zero attached hydrogens (tertiary/aromatic N) is 2. The topological polar surface area (TPSA) is 47.0 Å². The Balaban J connectivity index is 1.93. The van der Waals surface area contributed by atoms with Crippen LogP contribution in [0.1, 0.15) is 11.3 Å².